The molecule has 1 N–H and O–H groups in total. The van der Waals surface area contributed by atoms with Crippen LogP contribution >= 0.6 is 11.8 Å². The molecule has 2 unspecified atom stereocenters. The van der Waals surface area contributed by atoms with Gasteiger partial charge in [0.25, 0.3) is 0 Å². The van der Waals surface area contributed by atoms with E-state index in [4.69, 9.17) is 4.74 Å². The zero-order chi connectivity index (χ0) is 15.8. The Labute approximate surface area is 130 Å². The maximum atomic E-state index is 11.8. The fourth-order valence-corrected chi connectivity index (χ4v) is 2.23. The molecule has 0 radical (unpaired) electrons. The van der Waals surface area contributed by atoms with Crippen molar-refractivity contribution in [2.75, 3.05) is 11.1 Å². The minimum atomic E-state index is -0.345. The SMILES string of the molecule is CCC(C)OC(=O)C(C)SCC(=O)Nc1cccc(C)c1. The van der Waals surface area contributed by atoms with Crippen molar-refractivity contribution in [3.05, 3.63) is 29.8 Å². The number of rotatable bonds is 7. The van der Waals surface area contributed by atoms with Crippen LogP contribution in [0.2, 0.25) is 0 Å². The number of esters is 1. The normalized spacial score (nSPS) is 13.3. The molecular formula is C16H23NO3S. The number of carbonyl (C=O) groups is 2. The fraction of sp³-hybridized carbons (Fsp3) is 0.500. The molecule has 2 atom stereocenters. The fourth-order valence-electron chi connectivity index (χ4n) is 1.57. The van der Waals surface area contributed by atoms with Crippen molar-refractivity contribution < 1.29 is 14.3 Å². The van der Waals surface area contributed by atoms with Gasteiger partial charge in [-0.3, -0.25) is 9.59 Å². The number of ether oxygens (including phenoxy) is 1. The van der Waals surface area contributed by atoms with Crippen LogP contribution in [0.5, 0.6) is 0 Å². The van der Waals surface area contributed by atoms with Gasteiger partial charge in [0, 0.05) is 5.69 Å². The molecule has 4 nitrogen and oxygen atoms in total. The number of hydrogen-bond donors (Lipinski definition) is 1. The number of aryl methyl sites for hydroxylation is 1. The van der Waals surface area contributed by atoms with Gasteiger partial charge in [0.2, 0.25) is 5.91 Å². The third-order valence-corrected chi connectivity index (χ3v) is 4.11. The Morgan fingerprint density at radius 1 is 1.33 bits per heavy atom. The summed E-state index contributed by atoms with van der Waals surface area (Å²) in [5.41, 5.74) is 1.86. The van der Waals surface area contributed by atoms with Gasteiger partial charge in [-0.05, 0) is 44.9 Å². The standard InChI is InChI=1S/C16H23NO3S/c1-5-12(3)20-16(19)13(4)21-10-15(18)17-14-8-6-7-11(2)9-14/h6-9,12-13H,5,10H2,1-4H3,(H,17,18). The monoisotopic (exact) mass is 309 g/mol. The lowest BCUT2D eigenvalue weighted by molar-refractivity contribution is -0.147. The Hall–Kier alpha value is -1.49. The highest BCUT2D eigenvalue weighted by Crippen LogP contribution is 2.15. The van der Waals surface area contributed by atoms with Crippen molar-refractivity contribution in [2.45, 2.75) is 45.5 Å². The molecule has 0 spiro atoms. The molecule has 0 aliphatic rings. The Kier molecular flexibility index (Phi) is 7.29. The second-order valence-electron chi connectivity index (χ2n) is 5.03. The summed E-state index contributed by atoms with van der Waals surface area (Å²) in [6, 6.07) is 7.61. The van der Waals surface area contributed by atoms with Crippen LogP contribution in [0.1, 0.15) is 32.8 Å². The first-order chi connectivity index (χ1) is 9.92. The van der Waals surface area contributed by atoms with Crippen LogP contribution in [0.3, 0.4) is 0 Å². The third kappa shape index (κ3) is 6.67. The number of carbonyl (C=O) groups excluding carboxylic acids is 2. The maximum Gasteiger partial charge on any atom is 0.319 e. The lowest BCUT2D eigenvalue weighted by Gasteiger charge is -2.15. The van der Waals surface area contributed by atoms with Crippen molar-refractivity contribution >= 4 is 29.3 Å². The van der Waals surface area contributed by atoms with Gasteiger partial charge in [-0.25, -0.2) is 0 Å². The van der Waals surface area contributed by atoms with Crippen LogP contribution in [-0.4, -0.2) is 29.0 Å². The molecule has 0 saturated heterocycles. The molecule has 0 bridgehead atoms. The number of anilines is 1. The van der Waals surface area contributed by atoms with Crippen molar-refractivity contribution in [1.29, 1.82) is 0 Å². The molecule has 1 aromatic carbocycles. The molecule has 0 fully saturated rings. The van der Waals surface area contributed by atoms with Gasteiger partial charge >= 0.3 is 5.97 Å². The molecule has 0 aliphatic heterocycles. The zero-order valence-electron chi connectivity index (χ0n) is 13.0. The van der Waals surface area contributed by atoms with Gasteiger partial charge in [0.1, 0.15) is 5.25 Å². The van der Waals surface area contributed by atoms with Gasteiger partial charge in [-0.1, -0.05) is 19.1 Å². The van der Waals surface area contributed by atoms with E-state index in [0.29, 0.717) is 0 Å². The first-order valence-corrected chi connectivity index (χ1v) is 8.15. The molecule has 5 heteroatoms. The quantitative estimate of drug-likeness (QED) is 0.784. The lowest BCUT2D eigenvalue weighted by Crippen LogP contribution is -2.24. The first-order valence-electron chi connectivity index (χ1n) is 7.11. The van der Waals surface area contributed by atoms with E-state index in [2.05, 4.69) is 5.32 Å². The van der Waals surface area contributed by atoms with E-state index < -0.39 is 0 Å². The number of nitrogens with one attached hydrogen (secondary N) is 1. The molecule has 1 aromatic rings. The largest absolute Gasteiger partial charge is 0.462 e. The summed E-state index contributed by atoms with van der Waals surface area (Å²) in [6.07, 6.45) is 0.707. The Bertz CT molecular complexity index is 490. The smallest absolute Gasteiger partial charge is 0.319 e. The van der Waals surface area contributed by atoms with Crippen molar-refractivity contribution in [3.63, 3.8) is 0 Å². The number of hydrogen-bond acceptors (Lipinski definition) is 4. The molecule has 1 amide bonds. The minimum absolute atomic E-state index is 0.0818. The molecule has 116 valence electrons. The minimum Gasteiger partial charge on any atom is -0.462 e. The summed E-state index contributed by atoms with van der Waals surface area (Å²) in [4.78, 5) is 23.6. The van der Waals surface area contributed by atoms with Crippen LogP contribution in [0.15, 0.2) is 24.3 Å². The molecule has 0 aromatic heterocycles. The van der Waals surface area contributed by atoms with Crippen LogP contribution in [0, 0.1) is 6.92 Å². The number of thioether (sulfide) groups is 1. The highest BCUT2D eigenvalue weighted by molar-refractivity contribution is 8.01. The van der Waals surface area contributed by atoms with Gasteiger partial charge < -0.3 is 10.1 Å². The third-order valence-electron chi connectivity index (χ3n) is 2.99. The van der Waals surface area contributed by atoms with Crippen molar-refractivity contribution in [2.24, 2.45) is 0 Å². The Morgan fingerprint density at radius 2 is 2.05 bits per heavy atom. The summed E-state index contributed by atoms with van der Waals surface area (Å²) in [7, 11) is 0. The number of benzene rings is 1. The van der Waals surface area contributed by atoms with E-state index in [1.807, 2.05) is 45.0 Å². The van der Waals surface area contributed by atoms with Gasteiger partial charge in [0.15, 0.2) is 0 Å². The van der Waals surface area contributed by atoms with Crippen LogP contribution in [-0.2, 0) is 14.3 Å². The highest BCUT2D eigenvalue weighted by Gasteiger charge is 2.18. The molecule has 0 aliphatic carbocycles. The van der Waals surface area contributed by atoms with Gasteiger partial charge in [-0.2, -0.15) is 0 Å². The van der Waals surface area contributed by atoms with E-state index in [9.17, 15) is 9.59 Å². The Morgan fingerprint density at radius 3 is 2.67 bits per heavy atom. The topological polar surface area (TPSA) is 55.4 Å². The summed E-state index contributed by atoms with van der Waals surface area (Å²) in [5, 5.41) is 2.47. The van der Waals surface area contributed by atoms with E-state index in [1.165, 1.54) is 11.8 Å². The van der Waals surface area contributed by atoms with E-state index in [1.54, 1.807) is 6.92 Å². The molecule has 0 heterocycles. The molecule has 1 rings (SSSR count). The van der Waals surface area contributed by atoms with Crippen molar-refractivity contribution in [1.82, 2.24) is 0 Å². The van der Waals surface area contributed by atoms with Crippen molar-refractivity contribution in [3.8, 4) is 0 Å². The summed E-state index contributed by atoms with van der Waals surface area (Å²) in [5.74, 6) is -0.156. The summed E-state index contributed by atoms with van der Waals surface area (Å²) >= 11 is 1.28. The van der Waals surface area contributed by atoms with Gasteiger partial charge in [-0.15, -0.1) is 11.8 Å². The first kappa shape index (κ1) is 17.6. The molecule has 21 heavy (non-hydrogen) atoms. The van der Waals surface area contributed by atoms with Crippen LogP contribution < -0.4 is 5.32 Å². The summed E-state index contributed by atoms with van der Waals surface area (Å²) < 4.78 is 5.24. The van der Waals surface area contributed by atoms with Crippen LogP contribution in [0.4, 0.5) is 5.69 Å². The second kappa shape index (κ2) is 8.72. The summed E-state index contributed by atoms with van der Waals surface area (Å²) in [6.45, 7) is 7.55. The Balaban J connectivity index is 2.37. The van der Waals surface area contributed by atoms with E-state index in [-0.39, 0.29) is 29.0 Å². The van der Waals surface area contributed by atoms with E-state index in [0.717, 1.165) is 17.7 Å². The maximum absolute atomic E-state index is 11.8. The average molecular weight is 309 g/mol. The van der Waals surface area contributed by atoms with Crippen LogP contribution in [0.25, 0.3) is 0 Å². The van der Waals surface area contributed by atoms with Gasteiger partial charge in [0.05, 0.1) is 11.9 Å². The highest BCUT2D eigenvalue weighted by atomic mass is 32.2. The second-order valence-corrected chi connectivity index (χ2v) is 6.36. The average Bonchev–Trinajstić information content (AvgIpc) is 2.44. The number of amides is 1. The lowest BCUT2D eigenvalue weighted by atomic mass is 10.2. The zero-order valence-corrected chi connectivity index (χ0v) is 13.8. The molecule has 0 saturated carbocycles. The predicted molar refractivity (Wildman–Crippen MR) is 87.6 cm³/mol. The molecular weight excluding hydrogens is 286 g/mol. The predicted octanol–water partition coefficient (Wildman–Crippen LogP) is 3.40. The van der Waals surface area contributed by atoms with E-state index >= 15 is 0 Å².